The minimum atomic E-state index is -1.03. The van der Waals surface area contributed by atoms with Gasteiger partial charge in [0.05, 0.1) is 35.4 Å². The Morgan fingerprint density at radius 1 is 1.02 bits per heavy atom. The summed E-state index contributed by atoms with van der Waals surface area (Å²) in [6, 6.07) is 13.1. The predicted molar refractivity (Wildman–Crippen MR) is 156 cm³/mol. The average Bonchev–Trinajstić information content (AvgIpc) is 3.38. The SMILES string of the molecule is C[C@H]1NC(=O)c2cc(ccc2F)CCCNC(=O)CN(C(=O)c2cnc3cnn(C)c3c2)C[C@H](c2ccccc2)NC1=O. The summed E-state index contributed by atoms with van der Waals surface area (Å²) in [6.45, 7) is 1.48. The first-order chi connectivity index (χ1) is 20.7. The van der Waals surface area contributed by atoms with Gasteiger partial charge in [0, 0.05) is 26.3 Å². The van der Waals surface area contributed by atoms with Crippen LogP contribution in [0.1, 0.15) is 51.2 Å². The number of carbonyl (C=O) groups excluding carboxylic acids is 4. The number of halogens is 1. The van der Waals surface area contributed by atoms with Crippen LogP contribution in [0.3, 0.4) is 0 Å². The van der Waals surface area contributed by atoms with E-state index in [9.17, 15) is 23.6 Å². The van der Waals surface area contributed by atoms with Gasteiger partial charge in [0.1, 0.15) is 17.4 Å². The Labute approximate surface area is 247 Å². The highest BCUT2D eigenvalue weighted by Gasteiger charge is 2.28. The quantitative estimate of drug-likeness (QED) is 0.330. The van der Waals surface area contributed by atoms with Gasteiger partial charge < -0.3 is 20.9 Å². The summed E-state index contributed by atoms with van der Waals surface area (Å²) in [5.41, 5.74) is 2.76. The van der Waals surface area contributed by atoms with E-state index >= 15 is 0 Å². The molecule has 2 bridgehead atoms. The zero-order valence-corrected chi connectivity index (χ0v) is 23.8. The topological polar surface area (TPSA) is 138 Å². The van der Waals surface area contributed by atoms with Crippen LogP contribution in [-0.4, -0.2) is 69.0 Å². The Bertz CT molecular complexity index is 1670. The number of aromatic nitrogens is 3. The Kier molecular flexibility index (Phi) is 8.74. The predicted octanol–water partition coefficient (Wildman–Crippen LogP) is 2.29. The number of benzene rings is 2. The molecule has 0 unspecified atom stereocenters. The fourth-order valence-electron chi connectivity index (χ4n) is 4.97. The van der Waals surface area contributed by atoms with Gasteiger partial charge in [0.25, 0.3) is 11.8 Å². The van der Waals surface area contributed by atoms with Crippen LogP contribution in [0, 0.1) is 5.82 Å². The van der Waals surface area contributed by atoms with Crippen molar-refractivity contribution in [1.82, 2.24) is 35.6 Å². The molecule has 222 valence electrons. The molecule has 0 radical (unpaired) electrons. The van der Waals surface area contributed by atoms with Gasteiger partial charge in [-0.3, -0.25) is 28.8 Å². The van der Waals surface area contributed by atoms with E-state index in [1.54, 1.807) is 54.3 Å². The van der Waals surface area contributed by atoms with Crippen LogP contribution < -0.4 is 16.0 Å². The largest absolute Gasteiger partial charge is 0.355 e. The number of nitrogens with zero attached hydrogens (tertiary/aromatic N) is 4. The van der Waals surface area contributed by atoms with E-state index in [2.05, 4.69) is 26.0 Å². The summed E-state index contributed by atoms with van der Waals surface area (Å²) >= 11 is 0. The normalized spacial score (nSPS) is 18.9. The lowest BCUT2D eigenvalue weighted by Gasteiger charge is -2.29. The van der Waals surface area contributed by atoms with Crippen molar-refractivity contribution in [3.8, 4) is 0 Å². The maximum atomic E-state index is 14.5. The highest BCUT2D eigenvalue weighted by Crippen LogP contribution is 2.19. The summed E-state index contributed by atoms with van der Waals surface area (Å²) in [6.07, 6.45) is 4.04. The fourth-order valence-corrected chi connectivity index (χ4v) is 4.97. The van der Waals surface area contributed by atoms with Gasteiger partial charge in [-0.1, -0.05) is 36.4 Å². The van der Waals surface area contributed by atoms with Gasteiger partial charge in [-0.25, -0.2) is 4.39 Å². The highest BCUT2D eigenvalue weighted by atomic mass is 19.1. The number of hydrogen-bond donors (Lipinski definition) is 3. The summed E-state index contributed by atoms with van der Waals surface area (Å²) in [5.74, 6) is -2.79. The number of fused-ring (bicyclic) bond motifs is 3. The minimum Gasteiger partial charge on any atom is -0.355 e. The van der Waals surface area contributed by atoms with Crippen molar-refractivity contribution in [3.63, 3.8) is 0 Å². The Morgan fingerprint density at radius 2 is 1.81 bits per heavy atom. The molecule has 43 heavy (non-hydrogen) atoms. The minimum absolute atomic E-state index is 0.0541. The third kappa shape index (κ3) is 6.85. The lowest BCUT2D eigenvalue weighted by molar-refractivity contribution is -0.123. The maximum absolute atomic E-state index is 14.5. The third-order valence-corrected chi connectivity index (χ3v) is 7.37. The van der Waals surface area contributed by atoms with E-state index < -0.39 is 35.6 Å². The molecule has 0 saturated heterocycles. The molecule has 2 aromatic heterocycles. The van der Waals surface area contributed by atoms with Gasteiger partial charge in [-0.2, -0.15) is 5.10 Å². The molecule has 2 aromatic carbocycles. The van der Waals surface area contributed by atoms with E-state index in [4.69, 9.17) is 0 Å². The molecule has 4 aromatic rings. The van der Waals surface area contributed by atoms with E-state index in [-0.39, 0.29) is 30.1 Å². The van der Waals surface area contributed by atoms with Gasteiger partial charge in [0.15, 0.2) is 0 Å². The molecular weight excluding hydrogens is 553 g/mol. The summed E-state index contributed by atoms with van der Waals surface area (Å²) in [5, 5.41) is 12.5. The van der Waals surface area contributed by atoms with Crippen molar-refractivity contribution in [3.05, 3.63) is 95.1 Å². The lowest BCUT2D eigenvalue weighted by Crippen LogP contribution is -2.49. The second kappa shape index (κ2) is 12.8. The molecule has 2 atom stereocenters. The highest BCUT2D eigenvalue weighted by molar-refractivity contribution is 5.99. The van der Waals surface area contributed by atoms with Crippen molar-refractivity contribution in [2.45, 2.75) is 31.8 Å². The zero-order chi connectivity index (χ0) is 30.5. The fraction of sp³-hybridized carbons (Fsp3) is 0.290. The summed E-state index contributed by atoms with van der Waals surface area (Å²) in [4.78, 5) is 59.0. The van der Waals surface area contributed by atoms with Crippen molar-refractivity contribution < 1.29 is 23.6 Å². The Hall–Kier alpha value is -5.13. The zero-order valence-electron chi connectivity index (χ0n) is 23.8. The first-order valence-electron chi connectivity index (χ1n) is 14.0. The molecule has 0 aliphatic carbocycles. The molecule has 1 aliphatic heterocycles. The molecule has 3 heterocycles. The van der Waals surface area contributed by atoms with Crippen LogP contribution in [0.25, 0.3) is 11.0 Å². The van der Waals surface area contributed by atoms with Gasteiger partial charge in [0.2, 0.25) is 11.8 Å². The van der Waals surface area contributed by atoms with Crippen molar-refractivity contribution in [1.29, 1.82) is 0 Å². The Balaban J connectivity index is 1.48. The van der Waals surface area contributed by atoms with Gasteiger partial charge >= 0.3 is 0 Å². The summed E-state index contributed by atoms with van der Waals surface area (Å²) < 4.78 is 16.1. The van der Waals surface area contributed by atoms with Crippen molar-refractivity contribution in [2.75, 3.05) is 19.6 Å². The molecule has 11 nitrogen and oxygen atoms in total. The lowest BCUT2D eigenvalue weighted by atomic mass is 10.0. The molecule has 0 spiro atoms. The van der Waals surface area contributed by atoms with Gasteiger partial charge in [-0.15, -0.1) is 0 Å². The molecule has 0 fully saturated rings. The van der Waals surface area contributed by atoms with E-state index in [1.807, 2.05) is 6.07 Å². The first-order valence-corrected chi connectivity index (χ1v) is 14.0. The van der Waals surface area contributed by atoms with Crippen LogP contribution in [0.4, 0.5) is 4.39 Å². The number of hydrogen-bond acceptors (Lipinski definition) is 6. The second-order valence-corrected chi connectivity index (χ2v) is 10.5. The van der Waals surface area contributed by atoms with Crippen LogP contribution in [0.2, 0.25) is 0 Å². The summed E-state index contributed by atoms with van der Waals surface area (Å²) in [7, 11) is 1.74. The molecule has 3 N–H and O–H groups in total. The molecule has 5 rings (SSSR count). The maximum Gasteiger partial charge on any atom is 0.256 e. The second-order valence-electron chi connectivity index (χ2n) is 10.5. The number of aryl methyl sites for hydroxylation is 2. The molecular formula is C31H32FN7O4. The van der Waals surface area contributed by atoms with Gasteiger partial charge in [-0.05, 0) is 49.1 Å². The average molecular weight is 586 g/mol. The van der Waals surface area contributed by atoms with Crippen LogP contribution in [-0.2, 0) is 23.1 Å². The van der Waals surface area contributed by atoms with Crippen LogP contribution in [0.5, 0.6) is 0 Å². The van der Waals surface area contributed by atoms with Crippen LogP contribution >= 0.6 is 0 Å². The number of amides is 4. The smallest absolute Gasteiger partial charge is 0.256 e. The number of nitrogens with one attached hydrogen (secondary N) is 3. The number of rotatable bonds is 2. The van der Waals surface area contributed by atoms with Crippen LogP contribution in [0.15, 0.2) is 67.0 Å². The van der Waals surface area contributed by atoms with E-state index in [1.165, 1.54) is 30.2 Å². The Morgan fingerprint density at radius 3 is 2.60 bits per heavy atom. The first kappa shape index (κ1) is 29.4. The molecule has 1 aliphatic rings. The monoisotopic (exact) mass is 585 g/mol. The third-order valence-electron chi connectivity index (χ3n) is 7.37. The molecule has 0 saturated carbocycles. The number of carbonyl (C=O) groups is 4. The standard InChI is InChI=1S/C31H32FN7O4/c1-19-29(41)37-26(21-8-4-3-5-9-21)17-39(31(43)22-14-27-25(34-15-22)16-35-38(27)2)18-28(40)33-12-6-7-20-10-11-24(32)23(13-20)30(42)36-19/h3-5,8-11,13-16,19,26H,6-7,12,17-18H2,1-2H3,(H,33,40)(H,36,42)(H,37,41)/t19-,26-/m1/s1. The van der Waals surface area contributed by atoms with Crippen molar-refractivity contribution in [2.24, 2.45) is 7.05 Å². The van der Waals surface area contributed by atoms with E-state index in [0.717, 1.165) is 0 Å². The molecule has 12 heteroatoms. The molecule has 4 amide bonds. The van der Waals surface area contributed by atoms with E-state index in [0.29, 0.717) is 41.5 Å². The van der Waals surface area contributed by atoms with Crippen molar-refractivity contribution >= 4 is 34.7 Å². The number of pyridine rings is 1.